The Kier molecular flexibility index (Phi) is 4.24. The smallest absolute Gasteiger partial charge is 0.246 e. The Hall–Kier alpha value is -0.570. The van der Waals surface area contributed by atoms with Gasteiger partial charge in [-0.3, -0.25) is 9.63 Å². The SMILES string of the molecule is CONC(=O)C(C)CC(C)(C)C. The first kappa shape index (κ1) is 11.4. The molecule has 0 saturated heterocycles. The Bertz CT molecular complexity index is 149. The Labute approximate surface area is 74.4 Å². The van der Waals surface area contributed by atoms with Crippen LogP contribution in [0.3, 0.4) is 0 Å². The van der Waals surface area contributed by atoms with Gasteiger partial charge in [0, 0.05) is 5.92 Å². The minimum atomic E-state index is -0.0487. The molecule has 3 nitrogen and oxygen atoms in total. The molecule has 0 bridgehead atoms. The van der Waals surface area contributed by atoms with Crippen molar-refractivity contribution in [2.75, 3.05) is 7.11 Å². The van der Waals surface area contributed by atoms with Crippen LogP contribution in [0.1, 0.15) is 34.1 Å². The van der Waals surface area contributed by atoms with Crippen LogP contribution in [0.25, 0.3) is 0 Å². The monoisotopic (exact) mass is 173 g/mol. The zero-order valence-electron chi connectivity index (χ0n) is 8.60. The summed E-state index contributed by atoms with van der Waals surface area (Å²) in [6.07, 6.45) is 0.863. The van der Waals surface area contributed by atoms with Crippen LogP contribution in [-0.4, -0.2) is 13.0 Å². The van der Waals surface area contributed by atoms with E-state index in [1.165, 1.54) is 7.11 Å². The molecular formula is C9H19NO2. The van der Waals surface area contributed by atoms with E-state index in [0.29, 0.717) is 0 Å². The quantitative estimate of drug-likeness (QED) is 0.660. The molecule has 0 aliphatic rings. The minimum Gasteiger partial charge on any atom is -0.277 e. The highest BCUT2D eigenvalue weighted by Crippen LogP contribution is 2.23. The first-order chi connectivity index (χ1) is 5.37. The van der Waals surface area contributed by atoms with Gasteiger partial charge in [0.1, 0.15) is 0 Å². The van der Waals surface area contributed by atoms with Crippen molar-refractivity contribution in [3.05, 3.63) is 0 Å². The molecular weight excluding hydrogens is 154 g/mol. The van der Waals surface area contributed by atoms with Crippen molar-refractivity contribution in [1.82, 2.24) is 5.48 Å². The zero-order chi connectivity index (χ0) is 9.78. The van der Waals surface area contributed by atoms with E-state index >= 15 is 0 Å². The van der Waals surface area contributed by atoms with E-state index in [1.54, 1.807) is 0 Å². The average Bonchev–Trinajstić information content (AvgIpc) is 1.84. The van der Waals surface area contributed by atoms with Crippen molar-refractivity contribution in [2.24, 2.45) is 11.3 Å². The standard InChI is InChI=1S/C9H19NO2/c1-7(6-9(2,3)4)8(11)10-12-5/h7H,6H2,1-5H3,(H,10,11). The van der Waals surface area contributed by atoms with E-state index in [2.05, 4.69) is 31.1 Å². The second kappa shape index (κ2) is 4.45. The highest BCUT2D eigenvalue weighted by molar-refractivity contribution is 5.77. The predicted octanol–water partition coefficient (Wildman–Crippen LogP) is 1.74. The van der Waals surface area contributed by atoms with Crippen LogP contribution in [0, 0.1) is 11.3 Å². The van der Waals surface area contributed by atoms with E-state index in [4.69, 9.17) is 0 Å². The van der Waals surface area contributed by atoms with Gasteiger partial charge in [-0.15, -0.1) is 0 Å². The molecule has 0 aliphatic heterocycles. The lowest BCUT2D eigenvalue weighted by Gasteiger charge is -2.21. The molecule has 0 saturated carbocycles. The van der Waals surface area contributed by atoms with Gasteiger partial charge in [-0.2, -0.15) is 0 Å². The van der Waals surface area contributed by atoms with Crippen LogP contribution in [0.5, 0.6) is 0 Å². The fourth-order valence-electron chi connectivity index (χ4n) is 1.21. The summed E-state index contributed by atoms with van der Waals surface area (Å²) >= 11 is 0. The number of carbonyl (C=O) groups is 1. The first-order valence-electron chi connectivity index (χ1n) is 4.19. The zero-order valence-corrected chi connectivity index (χ0v) is 8.60. The summed E-state index contributed by atoms with van der Waals surface area (Å²) in [7, 11) is 1.45. The van der Waals surface area contributed by atoms with E-state index in [-0.39, 0.29) is 17.2 Å². The van der Waals surface area contributed by atoms with Gasteiger partial charge in [0.15, 0.2) is 0 Å². The van der Waals surface area contributed by atoms with E-state index < -0.39 is 0 Å². The van der Waals surface area contributed by atoms with E-state index in [1.807, 2.05) is 6.92 Å². The number of carbonyl (C=O) groups excluding carboxylic acids is 1. The van der Waals surface area contributed by atoms with E-state index in [0.717, 1.165) is 6.42 Å². The molecule has 3 heteroatoms. The summed E-state index contributed by atoms with van der Waals surface area (Å²) in [5, 5.41) is 0. The molecule has 1 unspecified atom stereocenters. The summed E-state index contributed by atoms with van der Waals surface area (Å²) in [5.74, 6) is -0.0441. The fraction of sp³-hybridized carbons (Fsp3) is 0.889. The van der Waals surface area contributed by atoms with Gasteiger partial charge in [-0.05, 0) is 11.8 Å². The number of hydrogen-bond acceptors (Lipinski definition) is 2. The molecule has 72 valence electrons. The largest absolute Gasteiger partial charge is 0.277 e. The highest BCUT2D eigenvalue weighted by atomic mass is 16.6. The normalized spacial score (nSPS) is 14.1. The third-order valence-electron chi connectivity index (χ3n) is 1.57. The van der Waals surface area contributed by atoms with Crippen LogP contribution < -0.4 is 5.48 Å². The number of rotatable bonds is 3. The summed E-state index contributed by atoms with van der Waals surface area (Å²) in [4.78, 5) is 15.7. The van der Waals surface area contributed by atoms with Crippen LogP contribution >= 0.6 is 0 Å². The van der Waals surface area contributed by atoms with Crippen molar-refractivity contribution in [1.29, 1.82) is 0 Å². The van der Waals surface area contributed by atoms with Crippen molar-refractivity contribution in [3.8, 4) is 0 Å². The fourth-order valence-corrected chi connectivity index (χ4v) is 1.21. The molecule has 0 aliphatic carbocycles. The van der Waals surface area contributed by atoms with Crippen molar-refractivity contribution < 1.29 is 9.63 Å². The van der Waals surface area contributed by atoms with Gasteiger partial charge < -0.3 is 0 Å². The summed E-state index contributed by atoms with van der Waals surface area (Å²) < 4.78 is 0. The van der Waals surface area contributed by atoms with Gasteiger partial charge in [0.25, 0.3) is 0 Å². The summed E-state index contributed by atoms with van der Waals surface area (Å²) in [5.41, 5.74) is 2.51. The maximum atomic E-state index is 11.2. The molecule has 1 amide bonds. The molecule has 0 rings (SSSR count). The molecule has 0 heterocycles. The molecule has 0 aromatic heterocycles. The van der Waals surface area contributed by atoms with Gasteiger partial charge in [0.2, 0.25) is 5.91 Å². The topological polar surface area (TPSA) is 38.3 Å². The lowest BCUT2D eigenvalue weighted by atomic mass is 9.85. The summed E-state index contributed by atoms with van der Waals surface area (Å²) in [6.45, 7) is 8.25. The molecule has 0 spiro atoms. The van der Waals surface area contributed by atoms with Crippen LogP contribution in [0.15, 0.2) is 0 Å². The van der Waals surface area contributed by atoms with Crippen molar-refractivity contribution >= 4 is 5.91 Å². The van der Waals surface area contributed by atoms with Gasteiger partial charge in [-0.25, -0.2) is 5.48 Å². The molecule has 0 radical (unpaired) electrons. The Morgan fingerprint density at radius 1 is 1.50 bits per heavy atom. The predicted molar refractivity (Wildman–Crippen MR) is 48.4 cm³/mol. The lowest BCUT2D eigenvalue weighted by molar-refractivity contribution is -0.135. The molecule has 0 aromatic carbocycles. The first-order valence-corrected chi connectivity index (χ1v) is 4.19. The average molecular weight is 173 g/mol. The van der Waals surface area contributed by atoms with Crippen molar-refractivity contribution in [2.45, 2.75) is 34.1 Å². The maximum absolute atomic E-state index is 11.2. The lowest BCUT2D eigenvalue weighted by Crippen LogP contribution is -2.30. The Morgan fingerprint density at radius 2 is 2.00 bits per heavy atom. The van der Waals surface area contributed by atoms with Gasteiger partial charge >= 0.3 is 0 Å². The van der Waals surface area contributed by atoms with Crippen molar-refractivity contribution in [3.63, 3.8) is 0 Å². The molecule has 1 atom stereocenters. The third-order valence-corrected chi connectivity index (χ3v) is 1.57. The highest BCUT2D eigenvalue weighted by Gasteiger charge is 2.20. The number of hydrogen-bond donors (Lipinski definition) is 1. The van der Waals surface area contributed by atoms with Crippen LogP contribution in [0.2, 0.25) is 0 Å². The van der Waals surface area contributed by atoms with E-state index in [9.17, 15) is 4.79 Å². The van der Waals surface area contributed by atoms with Gasteiger partial charge in [-0.1, -0.05) is 27.7 Å². The van der Waals surface area contributed by atoms with Crippen LogP contribution in [-0.2, 0) is 9.63 Å². The summed E-state index contributed by atoms with van der Waals surface area (Å²) in [6, 6.07) is 0. The second-order valence-electron chi connectivity index (χ2n) is 4.34. The van der Waals surface area contributed by atoms with Crippen LogP contribution in [0.4, 0.5) is 0 Å². The maximum Gasteiger partial charge on any atom is 0.246 e. The number of amides is 1. The number of hydroxylamine groups is 1. The van der Waals surface area contributed by atoms with Gasteiger partial charge in [0.05, 0.1) is 7.11 Å². The molecule has 1 N–H and O–H groups in total. The molecule has 0 fully saturated rings. The Morgan fingerprint density at radius 3 is 2.33 bits per heavy atom. The molecule has 12 heavy (non-hydrogen) atoms. The second-order valence-corrected chi connectivity index (χ2v) is 4.34. The molecule has 0 aromatic rings. The minimum absolute atomic E-state index is 0.00458. The number of nitrogens with one attached hydrogen (secondary N) is 1. The Balaban J connectivity index is 3.87. The third kappa shape index (κ3) is 5.13.